The van der Waals surface area contributed by atoms with E-state index in [1.807, 2.05) is 45.0 Å². The Morgan fingerprint density at radius 1 is 1.05 bits per heavy atom. The second kappa shape index (κ2) is 11.5. The van der Waals surface area contributed by atoms with Gasteiger partial charge >= 0.3 is 12.1 Å². The van der Waals surface area contributed by atoms with Gasteiger partial charge in [-0.25, -0.2) is 9.59 Å². The summed E-state index contributed by atoms with van der Waals surface area (Å²) in [5, 5.41) is 14.5. The third kappa shape index (κ3) is 6.51. The number of nitrogens with one attached hydrogen (secondary N) is 1. The minimum absolute atomic E-state index is 0.125. The molecule has 0 atom stereocenters. The average molecular weight is 582 g/mol. The van der Waals surface area contributed by atoms with Crippen molar-refractivity contribution in [3.8, 4) is 23.3 Å². The lowest BCUT2D eigenvalue weighted by molar-refractivity contribution is 0.0165. The van der Waals surface area contributed by atoms with E-state index in [-0.39, 0.29) is 24.1 Å². The Hall–Kier alpha value is -4.78. The summed E-state index contributed by atoms with van der Waals surface area (Å²) in [7, 11) is 0. The topological polar surface area (TPSA) is 119 Å². The van der Waals surface area contributed by atoms with Gasteiger partial charge in [-0.05, 0) is 88.8 Å². The van der Waals surface area contributed by atoms with E-state index < -0.39 is 5.60 Å². The second-order valence-corrected chi connectivity index (χ2v) is 12.2. The quantitative estimate of drug-likeness (QED) is 0.272. The number of piperidine rings is 1. The predicted octanol–water partition coefficient (Wildman–Crippen LogP) is 6.60. The first-order valence-electron chi connectivity index (χ1n) is 14.7. The Morgan fingerprint density at radius 2 is 1.84 bits per heavy atom. The molecule has 2 fully saturated rings. The minimum atomic E-state index is -0.519. The van der Waals surface area contributed by atoms with Crippen LogP contribution < -0.4 is 14.8 Å². The van der Waals surface area contributed by atoms with Crippen molar-refractivity contribution in [2.45, 2.75) is 58.1 Å². The van der Waals surface area contributed by atoms with Crippen molar-refractivity contribution < 1.29 is 23.8 Å². The van der Waals surface area contributed by atoms with Gasteiger partial charge < -0.3 is 24.4 Å². The fourth-order valence-electron chi connectivity index (χ4n) is 5.22. The van der Waals surface area contributed by atoms with E-state index in [2.05, 4.69) is 16.4 Å². The normalized spacial score (nSPS) is 15.7. The summed E-state index contributed by atoms with van der Waals surface area (Å²) in [6.07, 6.45) is 6.79. The van der Waals surface area contributed by atoms with E-state index in [1.165, 1.54) is 0 Å². The van der Waals surface area contributed by atoms with Crippen LogP contribution in [0.4, 0.5) is 9.59 Å². The summed E-state index contributed by atoms with van der Waals surface area (Å²) in [5.74, 6) is 1.90. The molecule has 2 aromatic heterocycles. The molecule has 6 rings (SSSR count). The minimum Gasteiger partial charge on any atom is -0.492 e. The molecule has 1 saturated heterocycles. The molecule has 43 heavy (non-hydrogen) atoms. The number of pyridine rings is 1. The second-order valence-electron chi connectivity index (χ2n) is 12.2. The molecular weight excluding hydrogens is 546 g/mol. The van der Waals surface area contributed by atoms with Crippen LogP contribution in [-0.4, -0.2) is 57.9 Å². The molecule has 2 aliphatic rings. The lowest BCUT2D eigenvalue weighted by Crippen LogP contribution is -2.42. The molecule has 1 N–H and O–H groups in total. The maximum atomic E-state index is 12.6. The van der Waals surface area contributed by atoms with Gasteiger partial charge in [0, 0.05) is 48.4 Å². The van der Waals surface area contributed by atoms with E-state index in [1.54, 1.807) is 40.1 Å². The zero-order valence-electron chi connectivity index (χ0n) is 24.6. The number of ether oxygens (including phenoxy) is 3. The van der Waals surface area contributed by atoms with Crippen LogP contribution in [0, 0.1) is 17.2 Å². The first-order chi connectivity index (χ1) is 20.7. The number of hydrogen-bond donors (Lipinski definition) is 1. The highest BCUT2D eigenvalue weighted by atomic mass is 16.6. The van der Waals surface area contributed by atoms with Crippen LogP contribution in [0.25, 0.3) is 21.8 Å². The number of carbonyl (C=O) groups is 2. The standard InChI is InChI=1S/C33H35N5O5/c1-33(2,3)43-32(40)37-13-9-21(10-14-37)20-41-30-18-27-26(17-23(30)19-34)29(8-12-35-27)42-25-6-7-28-22(16-25)11-15-38(28)31(39)36-24-4-5-24/h6-8,11-12,15-18,21,24H,4-5,9-10,13-14,20H2,1-3H3,(H,36,39). The van der Waals surface area contributed by atoms with Crippen molar-refractivity contribution in [3.63, 3.8) is 0 Å². The molecule has 2 amide bonds. The van der Waals surface area contributed by atoms with Crippen molar-refractivity contribution in [2.24, 2.45) is 5.92 Å². The summed E-state index contributed by atoms with van der Waals surface area (Å²) in [6.45, 7) is 7.25. The van der Waals surface area contributed by atoms with Crippen molar-refractivity contribution in [3.05, 3.63) is 60.4 Å². The van der Waals surface area contributed by atoms with E-state index in [9.17, 15) is 14.9 Å². The molecular formula is C33H35N5O5. The van der Waals surface area contributed by atoms with Crippen molar-refractivity contribution >= 4 is 33.9 Å². The van der Waals surface area contributed by atoms with E-state index in [0.717, 1.165) is 36.6 Å². The van der Waals surface area contributed by atoms with Crippen LogP contribution in [-0.2, 0) is 4.74 Å². The molecule has 0 bridgehead atoms. The highest BCUT2D eigenvalue weighted by molar-refractivity contribution is 5.93. The summed E-state index contributed by atoms with van der Waals surface area (Å²) in [6, 6.07) is 15.2. The highest BCUT2D eigenvalue weighted by Crippen LogP contribution is 2.35. The first kappa shape index (κ1) is 28.3. The molecule has 10 heteroatoms. The Labute approximate surface area is 250 Å². The predicted molar refractivity (Wildman–Crippen MR) is 161 cm³/mol. The number of nitrogens with zero attached hydrogens (tertiary/aromatic N) is 4. The molecule has 3 heterocycles. The molecule has 4 aromatic rings. The van der Waals surface area contributed by atoms with Crippen LogP contribution in [0.2, 0.25) is 0 Å². The highest BCUT2D eigenvalue weighted by Gasteiger charge is 2.27. The third-order valence-electron chi connectivity index (χ3n) is 7.68. The van der Waals surface area contributed by atoms with Gasteiger partial charge in [0.25, 0.3) is 0 Å². The van der Waals surface area contributed by atoms with Gasteiger partial charge in [0.1, 0.15) is 28.9 Å². The first-order valence-corrected chi connectivity index (χ1v) is 14.7. The Kier molecular flexibility index (Phi) is 7.57. The molecule has 0 unspecified atom stereocenters. The van der Waals surface area contributed by atoms with Gasteiger partial charge in [0.2, 0.25) is 0 Å². The summed E-state index contributed by atoms with van der Waals surface area (Å²) >= 11 is 0. The zero-order valence-corrected chi connectivity index (χ0v) is 24.6. The van der Waals surface area contributed by atoms with Crippen LogP contribution >= 0.6 is 0 Å². The number of nitriles is 1. The van der Waals surface area contributed by atoms with E-state index in [0.29, 0.717) is 53.4 Å². The van der Waals surface area contributed by atoms with Gasteiger partial charge in [-0.3, -0.25) is 9.55 Å². The van der Waals surface area contributed by atoms with Gasteiger partial charge in [-0.1, -0.05) is 0 Å². The van der Waals surface area contributed by atoms with Gasteiger partial charge in [-0.2, -0.15) is 5.26 Å². The number of aromatic nitrogens is 2. The van der Waals surface area contributed by atoms with Crippen LogP contribution in [0.3, 0.4) is 0 Å². The van der Waals surface area contributed by atoms with Crippen LogP contribution in [0.1, 0.15) is 52.0 Å². The smallest absolute Gasteiger partial charge is 0.410 e. The Bertz CT molecular complexity index is 1720. The van der Waals surface area contributed by atoms with Crippen molar-refractivity contribution in [2.75, 3.05) is 19.7 Å². The van der Waals surface area contributed by atoms with Gasteiger partial charge in [-0.15, -0.1) is 0 Å². The van der Waals surface area contributed by atoms with Gasteiger partial charge in [0.05, 0.1) is 23.2 Å². The number of carbonyl (C=O) groups excluding carboxylic acids is 2. The summed E-state index contributed by atoms with van der Waals surface area (Å²) in [5.41, 5.74) is 1.32. The van der Waals surface area contributed by atoms with Crippen LogP contribution in [0.5, 0.6) is 17.2 Å². The maximum absolute atomic E-state index is 12.6. The number of likely N-dealkylation sites (tertiary alicyclic amines) is 1. The molecule has 222 valence electrons. The number of rotatable bonds is 6. The van der Waals surface area contributed by atoms with Crippen LogP contribution in [0.15, 0.2) is 54.9 Å². The van der Waals surface area contributed by atoms with E-state index >= 15 is 0 Å². The van der Waals surface area contributed by atoms with Gasteiger partial charge in [0.15, 0.2) is 0 Å². The monoisotopic (exact) mass is 581 g/mol. The summed E-state index contributed by atoms with van der Waals surface area (Å²) in [4.78, 5) is 31.2. The van der Waals surface area contributed by atoms with E-state index in [4.69, 9.17) is 14.2 Å². The molecule has 1 saturated carbocycles. The number of benzene rings is 2. The van der Waals surface area contributed by atoms with Crippen molar-refractivity contribution in [1.82, 2.24) is 19.8 Å². The third-order valence-corrected chi connectivity index (χ3v) is 7.68. The molecule has 2 aromatic carbocycles. The SMILES string of the molecule is CC(C)(C)OC(=O)N1CCC(COc2cc3nccc(Oc4ccc5c(ccn5C(=O)NC5CC5)c4)c3cc2C#N)CC1. The number of fused-ring (bicyclic) bond motifs is 2. The number of amides is 2. The molecule has 10 nitrogen and oxygen atoms in total. The largest absolute Gasteiger partial charge is 0.492 e. The fraction of sp³-hybridized carbons (Fsp3) is 0.394. The Balaban J connectivity index is 1.13. The Morgan fingerprint density at radius 3 is 2.56 bits per heavy atom. The lowest BCUT2D eigenvalue weighted by Gasteiger charge is -2.33. The zero-order chi connectivity index (χ0) is 30.1. The summed E-state index contributed by atoms with van der Waals surface area (Å²) < 4.78 is 19.5. The lowest BCUT2D eigenvalue weighted by atomic mass is 9.98. The molecule has 1 aliphatic heterocycles. The van der Waals surface area contributed by atoms with Crippen molar-refractivity contribution in [1.29, 1.82) is 5.26 Å². The maximum Gasteiger partial charge on any atom is 0.410 e. The average Bonchev–Trinajstić information content (AvgIpc) is 3.70. The molecule has 0 spiro atoms. The number of hydrogen-bond acceptors (Lipinski definition) is 7. The molecule has 0 radical (unpaired) electrons. The molecule has 1 aliphatic carbocycles. The fourth-order valence-corrected chi connectivity index (χ4v) is 5.22.